The third-order valence-corrected chi connectivity index (χ3v) is 3.45. The molecule has 1 aliphatic rings. The molecule has 1 aromatic carbocycles. The van der Waals surface area contributed by atoms with Crippen molar-refractivity contribution in [2.75, 3.05) is 13.1 Å². The maximum Gasteiger partial charge on any atom is 0.408 e. The summed E-state index contributed by atoms with van der Waals surface area (Å²) in [6, 6.07) is 8.77. The summed E-state index contributed by atoms with van der Waals surface area (Å²) in [4.78, 5) is 26.1. The molecule has 0 radical (unpaired) electrons. The summed E-state index contributed by atoms with van der Waals surface area (Å²) >= 11 is 0. The lowest BCUT2D eigenvalue weighted by atomic mass is 10.0. The van der Waals surface area contributed by atoms with E-state index in [9.17, 15) is 14.7 Å². The number of nitrogens with one attached hydrogen (secondary N) is 1. The van der Waals surface area contributed by atoms with Gasteiger partial charge in [0.2, 0.25) is 5.91 Å². The molecule has 23 heavy (non-hydrogen) atoms. The fraction of sp³-hybridized carbons (Fsp3) is 0.529. The van der Waals surface area contributed by atoms with E-state index in [1.807, 2.05) is 30.3 Å². The van der Waals surface area contributed by atoms with Crippen molar-refractivity contribution in [2.24, 2.45) is 0 Å². The predicted octanol–water partition coefficient (Wildman–Crippen LogP) is 1.33. The molecule has 0 spiro atoms. The van der Waals surface area contributed by atoms with Crippen LogP contribution in [0.25, 0.3) is 0 Å². The fourth-order valence-corrected chi connectivity index (χ4v) is 2.36. The van der Waals surface area contributed by atoms with E-state index in [0.717, 1.165) is 5.56 Å². The molecular weight excluding hydrogens is 296 g/mol. The Morgan fingerprint density at radius 2 is 1.91 bits per heavy atom. The van der Waals surface area contributed by atoms with Crippen LogP contribution in [-0.2, 0) is 16.0 Å². The third kappa shape index (κ3) is 5.25. The summed E-state index contributed by atoms with van der Waals surface area (Å²) in [7, 11) is 0. The summed E-state index contributed by atoms with van der Waals surface area (Å²) < 4.78 is 5.24. The molecule has 1 aliphatic heterocycles. The molecule has 1 aromatic rings. The van der Waals surface area contributed by atoms with E-state index in [4.69, 9.17) is 4.74 Å². The van der Waals surface area contributed by atoms with Crippen LogP contribution in [0.4, 0.5) is 4.79 Å². The van der Waals surface area contributed by atoms with Gasteiger partial charge in [-0.05, 0) is 26.3 Å². The Hall–Kier alpha value is -2.08. The highest BCUT2D eigenvalue weighted by Crippen LogP contribution is 2.14. The van der Waals surface area contributed by atoms with Crippen molar-refractivity contribution in [3.8, 4) is 0 Å². The van der Waals surface area contributed by atoms with Crippen molar-refractivity contribution < 1.29 is 19.4 Å². The van der Waals surface area contributed by atoms with Gasteiger partial charge in [0, 0.05) is 19.5 Å². The maximum atomic E-state index is 12.5. The molecule has 1 heterocycles. The lowest BCUT2D eigenvalue weighted by Gasteiger charge is -2.38. The average molecular weight is 320 g/mol. The second-order valence-corrected chi connectivity index (χ2v) is 6.79. The first-order valence-electron chi connectivity index (χ1n) is 7.75. The number of rotatable bonds is 4. The first-order valence-corrected chi connectivity index (χ1v) is 7.75. The molecule has 126 valence electrons. The van der Waals surface area contributed by atoms with E-state index < -0.39 is 23.8 Å². The zero-order chi connectivity index (χ0) is 17.0. The van der Waals surface area contributed by atoms with Crippen LogP contribution < -0.4 is 5.32 Å². The number of nitrogens with zero attached hydrogens (tertiary/aromatic N) is 1. The number of β-amino-alcohol motifs (C(OH)–C–C–N with tert-alkyl or cyclic N) is 1. The molecule has 0 saturated carbocycles. The van der Waals surface area contributed by atoms with Gasteiger partial charge < -0.3 is 20.1 Å². The predicted molar refractivity (Wildman–Crippen MR) is 85.9 cm³/mol. The zero-order valence-corrected chi connectivity index (χ0v) is 13.8. The number of aliphatic hydroxyl groups is 1. The Labute approximate surface area is 136 Å². The molecule has 6 nitrogen and oxygen atoms in total. The molecule has 2 N–H and O–H groups in total. The van der Waals surface area contributed by atoms with Crippen LogP contribution in [0.5, 0.6) is 0 Å². The van der Waals surface area contributed by atoms with Crippen LogP contribution in [0.15, 0.2) is 30.3 Å². The standard InChI is InChI=1S/C17H24N2O4/c1-17(2,3)23-16(22)18-14(9-12-7-5-4-6-8-12)15(21)19-10-13(20)11-19/h4-8,13-14,20H,9-11H2,1-3H3,(H,18,22). The Balaban J connectivity index is 2.04. The number of aliphatic hydroxyl groups excluding tert-OH is 1. The van der Waals surface area contributed by atoms with Crippen molar-refractivity contribution >= 4 is 12.0 Å². The first-order chi connectivity index (χ1) is 10.7. The van der Waals surface area contributed by atoms with Gasteiger partial charge in [0.05, 0.1) is 6.10 Å². The molecular formula is C17H24N2O4. The highest BCUT2D eigenvalue weighted by molar-refractivity contribution is 5.86. The Morgan fingerprint density at radius 1 is 1.30 bits per heavy atom. The van der Waals surface area contributed by atoms with Crippen LogP contribution in [0, 0.1) is 0 Å². The molecule has 2 amide bonds. The fourth-order valence-electron chi connectivity index (χ4n) is 2.36. The number of hydrogen-bond donors (Lipinski definition) is 2. The second-order valence-electron chi connectivity index (χ2n) is 6.79. The Kier molecular flexibility index (Phi) is 5.26. The molecule has 1 saturated heterocycles. The SMILES string of the molecule is CC(C)(C)OC(=O)NC(Cc1ccccc1)C(=O)N1CC(O)C1. The van der Waals surface area contributed by atoms with Gasteiger partial charge in [0.25, 0.3) is 0 Å². The molecule has 0 aromatic heterocycles. The van der Waals surface area contributed by atoms with Crippen LogP contribution in [0.2, 0.25) is 0 Å². The first kappa shape index (κ1) is 17.3. The van der Waals surface area contributed by atoms with Crippen molar-refractivity contribution in [1.29, 1.82) is 0 Å². The lowest BCUT2D eigenvalue weighted by molar-refractivity contribution is -0.143. The minimum absolute atomic E-state index is 0.204. The van der Waals surface area contributed by atoms with E-state index >= 15 is 0 Å². The molecule has 0 aliphatic carbocycles. The molecule has 1 fully saturated rings. The number of carbonyl (C=O) groups is 2. The monoisotopic (exact) mass is 320 g/mol. The summed E-state index contributed by atoms with van der Waals surface area (Å²) in [6.45, 7) is 5.92. The molecule has 2 rings (SSSR count). The van der Waals surface area contributed by atoms with E-state index in [1.54, 1.807) is 20.8 Å². The number of ether oxygens (including phenoxy) is 1. The van der Waals surface area contributed by atoms with E-state index in [-0.39, 0.29) is 5.91 Å². The summed E-state index contributed by atoms with van der Waals surface area (Å²) in [6.07, 6.45) is -0.711. The van der Waals surface area contributed by atoms with Crippen LogP contribution in [0.1, 0.15) is 26.3 Å². The van der Waals surface area contributed by atoms with Crippen molar-refractivity contribution in [3.63, 3.8) is 0 Å². The van der Waals surface area contributed by atoms with Gasteiger partial charge in [-0.2, -0.15) is 0 Å². The van der Waals surface area contributed by atoms with Gasteiger partial charge >= 0.3 is 6.09 Å². The number of alkyl carbamates (subject to hydrolysis) is 1. The average Bonchev–Trinajstić information content (AvgIpc) is 2.41. The summed E-state index contributed by atoms with van der Waals surface area (Å²) in [5.74, 6) is -0.204. The third-order valence-electron chi connectivity index (χ3n) is 3.45. The quantitative estimate of drug-likeness (QED) is 0.877. The van der Waals surface area contributed by atoms with E-state index in [0.29, 0.717) is 19.5 Å². The second kappa shape index (κ2) is 7.00. The van der Waals surface area contributed by atoms with Gasteiger partial charge in [0.15, 0.2) is 0 Å². The Bertz CT molecular complexity index is 547. The number of benzene rings is 1. The zero-order valence-electron chi connectivity index (χ0n) is 13.8. The minimum Gasteiger partial charge on any atom is -0.444 e. The van der Waals surface area contributed by atoms with Crippen molar-refractivity contribution in [2.45, 2.75) is 44.9 Å². The van der Waals surface area contributed by atoms with Crippen LogP contribution in [-0.4, -0.2) is 52.8 Å². The molecule has 0 bridgehead atoms. The van der Waals surface area contributed by atoms with Crippen LogP contribution in [0.3, 0.4) is 0 Å². The summed E-state index contributed by atoms with van der Waals surface area (Å²) in [5.41, 5.74) is 0.320. The highest BCUT2D eigenvalue weighted by atomic mass is 16.6. The van der Waals surface area contributed by atoms with Gasteiger partial charge in [-0.3, -0.25) is 4.79 Å². The smallest absolute Gasteiger partial charge is 0.408 e. The van der Waals surface area contributed by atoms with E-state index in [2.05, 4.69) is 5.32 Å². The molecule has 1 atom stereocenters. The maximum absolute atomic E-state index is 12.5. The number of hydrogen-bond acceptors (Lipinski definition) is 4. The lowest BCUT2D eigenvalue weighted by Crippen LogP contribution is -2.60. The van der Waals surface area contributed by atoms with Gasteiger partial charge in [-0.15, -0.1) is 0 Å². The highest BCUT2D eigenvalue weighted by Gasteiger charge is 2.34. The topological polar surface area (TPSA) is 78.9 Å². The van der Waals surface area contributed by atoms with Gasteiger partial charge in [0.1, 0.15) is 11.6 Å². The van der Waals surface area contributed by atoms with Gasteiger partial charge in [-0.25, -0.2) is 4.79 Å². The Morgan fingerprint density at radius 3 is 2.43 bits per heavy atom. The minimum atomic E-state index is -0.709. The van der Waals surface area contributed by atoms with Crippen LogP contribution >= 0.6 is 0 Å². The van der Waals surface area contributed by atoms with Crippen molar-refractivity contribution in [3.05, 3.63) is 35.9 Å². The normalized spacial score (nSPS) is 16.4. The van der Waals surface area contributed by atoms with Gasteiger partial charge in [-0.1, -0.05) is 30.3 Å². The number of carbonyl (C=O) groups excluding carboxylic acids is 2. The number of likely N-dealkylation sites (tertiary alicyclic amines) is 1. The largest absolute Gasteiger partial charge is 0.444 e. The molecule has 6 heteroatoms. The van der Waals surface area contributed by atoms with E-state index in [1.165, 1.54) is 4.90 Å². The van der Waals surface area contributed by atoms with Crippen molar-refractivity contribution in [1.82, 2.24) is 10.2 Å². The number of amides is 2. The molecule has 1 unspecified atom stereocenters. The summed E-state index contributed by atoms with van der Waals surface area (Å²) in [5, 5.41) is 12.0.